The van der Waals surface area contributed by atoms with E-state index in [9.17, 15) is 9.59 Å². The highest BCUT2D eigenvalue weighted by Crippen LogP contribution is 2.24. The third-order valence-corrected chi connectivity index (χ3v) is 4.58. The van der Waals surface area contributed by atoms with Gasteiger partial charge in [0.05, 0.1) is 25.4 Å². The largest absolute Gasteiger partial charge is 0.497 e. The summed E-state index contributed by atoms with van der Waals surface area (Å²) in [7, 11) is 1.60. The van der Waals surface area contributed by atoms with Gasteiger partial charge < -0.3 is 19.8 Å². The zero-order chi connectivity index (χ0) is 20.9. The number of hydrogen-bond acceptors (Lipinski definition) is 5. The maximum atomic E-state index is 12.4. The van der Waals surface area contributed by atoms with Crippen LogP contribution < -0.4 is 14.8 Å². The smallest absolute Gasteiger partial charge is 0.315 e. The Morgan fingerprint density at radius 1 is 1.07 bits per heavy atom. The number of carbonyl (C=O) groups excluding carboxylic acids is 2. The van der Waals surface area contributed by atoms with Gasteiger partial charge in [-0.05, 0) is 60.2 Å². The number of methoxy groups -OCH3 is 1. The van der Waals surface area contributed by atoms with Gasteiger partial charge in [-0.2, -0.15) is 0 Å². The summed E-state index contributed by atoms with van der Waals surface area (Å²) in [6.07, 6.45) is 5.09. The van der Waals surface area contributed by atoms with Crippen molar-refractivity contribution in [2.45, 2.75) is 6.42 Å². The number of ether oxygens (including phenoxy) is 2. The number of nitrogens with one attached hydrogen (secondary N) is 2. The first-order chi connectivity index (χ1) is 14.6. The van der Waals surface area contributed by atoms with E-state index in [4.69, 9.17) is 9.47 Å². The van der Waals surface area contributed by atoms with Gasteiger partial charge in [-0.15, -0.1) is 0 Å². The lowest BCUT2D eigenvalue weighted by Crippen LogP contribution is -2.13. The molecule has 30 heavy (non-hydrogen) atoms. The number of fused-ring (bicyclic) bond motifs is 1. The second-order valence-corrected chi connectivity index (χ2v) is 6.60. The molecule has 0 saturated carbocycles. The maximum absolute atomic E-state index is 12.4. The molecule has 150 valence electrons. The molecule has 0 saturated heterocycles. The zero-order valence-corrected chi connectivity index (χ0v) is 16.2. The predicted octanol–water partition coefficient (Wildman–Crippen LogP) is 3.97. The fraction of sp³-hybridized carbons (Fsp3) is 0.0870. The molecule has 0 spiro atoms. The van der Waals surface area contributed by atoms with Gasteiger partial charge in [0.25, 0.3) is 5.91 Å². The Labute approximate surface area is 172 Å². The minimum absolute atomic E-state index is 0.108. The lowest BCUT2D eigenvalue weighted by atomic mass is 10.1. The van der Waals surface area contributed by atoms with Gasteiger partial charge in [-0.25, -0.2) is 0 Å². The zero-order valence-electron chi connectivity index (χ0n) is 16.2. The van der Waals surface area contributed by atoms with E-state index in [1.165, 1.54) is 0 Å². The van der Waals surface area contributed by atoms with Gasteiger partial charge in [-0.1, -0.05) is 0 Å². The molecular formula is C23H19N3O4. The number of H-pyrrole nitrogens is 1. The molecule has 2 aromatic carbocycles. The monoisotopic (exact) mass is 401 g/mol. The summed E-state index contributed by atoms with van der Waals surface area (Å²) in [4.78, 5) is 31.8. The summed E-state index contributed by atoms with van der Waals surface area (Å²) in [6, 6.07) is 15.5. The van der Waals surface area contributed by atoms with Crippen molar-refractivity contribution in [1.29, 1.82) is 0 Å². The van der Waals surface area contributed by atoms with Crippen LogP contribution in [0.15, 0.2) is 73.2 Å². The van der Waals surface area contributed by atoms with Crippen LogP contribution in [0.2, 0.25) is 0 Å². The average Bonchev–Trinajstić information content (AvgIpc) is 3.16. The molecule has 0 radical (unpaired) electrons. The minimum atomic E-state index is -0.397. The number of amides is 1. The Morgan fingerprint density at radius 3 is 2.60 bits per heavy atom. The first-order valence-corrected chi connectivity index (χ1v) is 9.28. The quantitative estimate of drug-likeness (QED) is 0.377. The number of pyridine rings is 1. The molecule has 0 fully saturated rings. The molecule has 2 N–H and O–H groups in total. The van der Waals surface area contributed by atoms with Crippen LogP contribution in [0, 0.1) is 0 Å². The van der Waals surface area contributed by atoms with Crippen LogP contribution in [0.1, 0.15) is 15.9 Å². The number of rotatable bonds is 6. The molecule has 7 heteroatoms. The van der Waals surface area contributed by atoms with E-state index in [1.54, 1.807) is 62.1 Å². The predicted molar refractivity (Wildman–Crippen MR) is 113 cm³/mol. The highest BCUT2D eigenvalue weighted by atomic mass is 16.5. The highest BCUT2D eigenvalue weighted by Gasteiger charge is 2.13. The van der Waals surface area contributed by atoms with Crippen molar-refractivity contribution < 1.29 is 19.1 Å². The van der Waals surface area contributed by atoms with Crippen molar-refractivity contribution in [3.8, 4) is 11.5 Å². The molecule has 0 unspecified atom stereocenters. The second-order valence-electron chi connectivity index (χ2n) is 6.60. The van der Waals surface area contributed by atoms with Gasteiger partial charge >= 0.3 is 5.97 Å². The van der Waals surface area contributed by atoms with Crippen LogP contribution in [0.25, 0.3) is 10.9 Å². The molecular weight excluding hydrogens is 382 g/mol. The van der Waals surface area contributed by atoms with E-state index < -0.39 is 5.97 Å². The third-order valence-electron chi connectivity index (χ3n) is 4.58. The van der Waals surface area contributed by atoms with Gasteiger partial charge in [0.15, 0.2) is 0 Å². The van der Waals surface area contributed by atoms with Crippen LogP contribution in [0.4, 0.5) is 5.69 Å². The highest BCUT2D eigenvalue weighted by molar-refractivity contribution is 6.04. The van der Waals surface area contributed by atoms with Gasteiger partial charge in [-0.3, -0.25) is 14.6 Å². The van der Waals surface area contributed by atoms with Gasteiger partial charge in [0.2, 0.25) is 0 Å². The Hall–Kier alpha value is -4.13. The normalized spacial score (nSPS) is 10.6. The summed E-state index contributed by atoms with van der Waals surface area (Å²) < 4.78 is 10.7. The van der Waals surface area contributed by atoms with Crippen molar-refractivity contribution in [2.75, 3.05) is 12.4 Å². The van der Waals surface area contributed by atoms with Gasteiger partial charge in [0.1, 0.15) is 11.5 Å². The number of aromatic nitrogens is 2. The third kappa shape index (κ3) is 4.30. The van der Waals surface area contributed by atoms with E-state index in [2.05, 4.69) is 15.3 Å². The Morgan fingerprint density at radius 2 is 1.87 bits per heavy atom. The van der Waals surface area contributed by atoms with Crippen LogP contribution in [-0.2, 0) is 11.2 Å². The SMILES string of the molecule is COc1ccc2[nH]cc(CC(=O)Oc3ccc(C(=O)Nc4cccnc4)cc3)c2c1. The molecule has 0 aliphatic rings. The topological polar surface area (TPSA) is 93.3 Å². The van der Waals surface area contributed by atoms with Crippen LogP contribution >= 0.6 is 0 Å². The molecule has 2 aromatic heterocycles. The average molecular weight is 401 g/mol. The minimum Gasteiger partial charge on any atom is -0.497 e. The van der Waals surface area contributed by atoms with Crippen molar-refractivity contribution in [3.63, 3.8) is 0 Å². The van der Waals surface area contributed by atoms with Crippen molar-refractivity contribution in [1.82, 2.24) is 9.97 Å². The molecule has 0 aliphatic carbocycles. The number of esters is 1. The summed E-state index contributed by atoms with van der Waals surface area (Å²) in [5.74, 6) is 0.423. The number of anilines is 1. The first-order valence-electron chi connectivity index (χ1n) is 9.28. The van der Waals surface area contributed by atoms with Crippen molar-refractivity contribution in [3.05, 3.63) is 84.3 Å². The van der Waals surface area contributed by atoms with Crippen LogP contribution in [0.5, 0.6) is 11.5 Å². The Bertz CT molecular complexity index is 1180. The molecule has 0 aliphatic heterocycles. The Kier molecular flexibility index (Phi) is 5.43. The first kappa shape index (κ1) is 19.2. The van der Waals surface area contributed by atoms with E-state index in [-0.39, 0.29) is 12.3 Å². The lowest BCUT2D eigenvalue weighted by molar-refractivity contribution is -0.133. The standard InChI is InChI=1S/C23H19N3O4/c1-29-19-8-9-21-20(12-19)16(13-25-21)11-22(27)30-18-6-4-15(5-7-18)23(28)26-17-3-2-10-24-14-17/h2-10,12-14,25H,11H2,1H3,(H,26,28). The number of nitrogens with zero attached hydrogens (tertiary/aromatic N) is 1. The van der Waals surface area contributed by atoms with E-state index >= 15 is 0 Å². The summed E-state index contributed by atoms with van der Waals surface area (Å²) >= 11 is 0. The maximum Gasteiger partial charge on any atom is 0.315 e. The number of aromatic amines is 1. The fourth-order valence-electron chi connectivity index (χ4n) is 3.07. The Balaban J connectivity index is 1.40. The number of benzene rings is 2. The second kappa shape index (κ2) is 8.48. The van der Waals surface area contributed by atoms with E-state index in [1.807, 2.05) is 18.2 Å². The van der Waals surface area contributed by atoms with E-state index in [0.29, 0.717) is 17.0 Å². The molecule has 4 aromatic rings. The molecule has 4 rings (SSSR count). The number of hydrogen-bond donors (Lipinski definition) is 2. The van der Waals surface area contributed by atoms with Crippen molar-refractivity contribution >= 4 is 28.5 Å². The van der Waals surface area contributed by atoms with Gasteiger partial charge in [0, 0.05) is 28.9 Å². The van der Waals surface area contributed by atoms with Crippen LogP contribution in [0.3, 0.4) is 0 Å². The lowest BCUT2D eigenvalue weighted by Gasteiger charge is -2.07. The molecule has 0 bridgehead atoms. The molecule has 0 atom stereocenters. The summed E-state index contributed by atoms with van der Waals surface area (Å²) in [5.41, 5.74) is 2.79. The van der Waals surface area contributed by atoms with Crippen LogP contribution in [-0.4, -0.2) is 29.0 Å². The van der Waals surface area contributed by atoms with E-state index in [0.717, 1.165) is 22.2 Å². The molecule has 2 heterocycles. The van der Waals surface area contributed by atoms with Crippen molar-refractivity contribution in [2.24, 2.45) is 0 Å². The summed E-state index contributed by atoms with van der Waals surface area (Å²) in [6.45, 7) is 0. The fourth-order valence-corrected chi connectivity index (χ4v) is 3.07. The number of carbonyl (C=O) groups is 2. The molecule has 7 nitrogen and oxygen atoms in total. The summed E-state index contributed by atoms with van der Waals surface area (Å²) in [5, 5.41) is 3.66. The molecule has 1 amide bonds.